The second-order valence-corrected chi connectivity index (χ2v) is 7.27. The van der Waals surface area contributed by atoms with E-state index in [9.17, 15) is 14.4 Å². The molecule has 0 saturated heterocycles. The fourth-order valence-corrected chi connectivity index (χ4v) is 3.77. The van der Waals surface area contributed by atoms with E-state index in [1.807, 2.05) is 24.3 Å². The van der Waals surface area contributed by atoms with Gasteiger partial charge in [-0.25, -0.2) is 0 Å². The topological polar surface area (TPSA) is 105 Å². The molecule has 0 radical (unpaired) electrons. The number of hydrogen-bond donors (Lipinski definition) is 3. The molecule has 1 aromatic carbocycles. The van der Waals surface area contributed by atoms with Crippen LogP contribution >= 0.6 is 15.9 Å². The monoisotopic (exact) mass is 417 g/mol. The van der Waals surface area contributed by atoms with Crippen molar-refractivity contribution in [3.05, 3.63) is 67.5 Å². The summed E-state index contributed by atoms with van der Waals surface area (Å²) in [7, 11) is 0. The molecule has 0 spiro atoms. The van der Waals surface area contributed by atoms with Crippen LogP contribution in [0.15, 0.2) is 39.6 Å². The number of amides is 2. The van der Waals surface area contributed by atoms with Gasteiger partial charge in [0.05, 0.1) is 6.04 Å². The Kier molecular flexibility index (Phi) is 5.56. The van der Waals surface area contributed by atoms with Gasteiger partial charge in [-0.2, -0.15) is 0 Å². The van der Waals surface area contributed by atoms with Gasteiger partial charge in [0.1, 0.15) is 5.56 Å². The summed E-state index contributed by atoms with van der Waals surface area (Å²) in [6.45, 7) is 0. The molecule has 2 aromatic rings. The minimum absolute atomic E-state index is 0.0644. The number of fused-ring (bicyclic) bond motifs is 1. The molecule has 0 saturated carbocycles. The summed E-state index contributed by atoms with van der Waals surface area (Å²) in [5, 5.41) is 3.02. The molecule has 1 unspecified atom stereocenters. The van der Waals surface area contributed by atoms with Crippen LogP contribution in [0.1, 0.15) is 52.5 Å². The highest BCUT2D eigenvalue weighted by molar-refractivity contribution is 9.10. The first-order valence-electron chi connectivity index (χ1n) is 8.54. The highest BCUT2D eigenvalue weighted by Gasteiger charge is 2.24. The number of nitrogens with two attached hydrogens (primary N) is 1. The molecular formula is C19H20BrN3O3. The lowest BCUT2D eigenvalue weighted by Gasteiger charge is -2.26. The molecule has 136 valence electrons. The minimum atomic E-state index is -0.765. The van der Waals surface area contributed by atoms with Crippen molar-refractivity contribution in [3.63, 3.8) is 0 Å². The maximum atomic E-state index is 12.4. The van der Waals surface area contributed by atoms with Gasteiger partial charge in [0.25, 0.3) is 11.5 Å². The summed E-state index contributed by atoms with van der Waals surface area (Å²) in [6, 6.07) is 9.11. The second-order valence-electron chi connectivity index (χ2n) is 6.41. The smallest absolute Gasteiger partial charge is 0.261 e. The van der Waals surface area contributed by atoms with E-state index in [1.54, 1.807) is 0 Å². The number of aromatic nitrogens is 1. The molecule has 0 aliphatic heterocycles. The normalized spacial score (nSPS) is 16.0. The fraction of sp³-hybridized carbons (Fsp3) is 0.316. The van der Waals surface area contributed by atoms with Gasteiger partial charge in [-0.05, 0) is 48.9 Å². The Morgan fingerprint density at radius 3 is 2.81 bits per heavy atom. The number of nitrogens with one attached hydrogen (secondary N) is 2. The van der Waals surface area contributed by atoms with Crippen LogP contribution in [-0.4, -0.2) is 16.8 Å². The Morgan fingerprint density at radius 1 is 1.31 bits per heavy atom. The summed E-state index contributed by atoms with van der Waals surface area (Å²) in [5.41, 5.74) is 7.34. The Bertz CT molecular complexity index is 907. The Labute approximate surface area is 159 Å². The predicted octanol–water partition coefficient (Wildman–Crippen LogP) is 2.36. The molecule has 1 atom stereocenters. The zero-order valence-corrected chi connectivity index (χ0v) is 15.8. The molecule has 1 aliphatic rings. The van der Waals surface area contributed by atoms with Crippen molar-refractivity contribution < 1.29 is 9.59 Å². The molecule has 1 aliphatic carbocycles. The molecular weight excluding hydrogens is 398 g/mol. The summed E-state index contributed by atoms with van der Waals surface area (Å²) in [5.74, 6) is -0.830. The van der Waals surface area contributed by atoms with Gasteiger partial charge in [-0.15, -0.1) is 0 Å². The van der Waals surface area contributed by atoms with Crippen molar-refractivity contribution >= 4 is 27.7 Å². The van der Waals surface area contributed by atoms with Gasteiger partial charge in [0, 0.05) is 16.6 Å². The van der Waals surface area contributed by atoms with Crippen LogP contribution in [0.4, 0.5) is 0 Å². The minimum Gasteiger partial charge on any atom is -0.365 e. The lowest BCUT2D eigenvalue weighted by molar-refractivity contribution is -0.121. The zero-order valence-electron chi connectivity index (χ0n) is 14.2. The van der Waals surface area contributed by atoms with Crippen molar-refractivity contribution in [1.29, 1.82) is 0 Å². The van der Waals surface area contributed by atoms with E-state index in [0.717, 1.165) is 34.1 Å². The second kappa shape index (κ2) is 7.86. The summed E-state index contributed by atoms with van der Waals surface area (Å²) < 4.78 is 0.986. The number of rotatable bonds is 5. The van der Waals surface area contributed by atoms with E-state index in [-0.39, 0.29) is 17.5 Å². The number of carbonyl (C=O) groups excluding carboxylic acids is 2. The fourth-order valence-electron chi connectivity index (χ4n) is 3.29. The van der Waals surface area contributed by atoms with Crippen molar-refractivity contribution in [2.75, 3.05) is 0 Å². The zero-order chi connectivity index (χ0) is 18.7. The molecule has 6 nitrogen and oxygen atoms in total. The van der Waals surface area contributed by atoms with Crippen LogP contribution in [0.5, 0.6) is 0 Å². The Hall–Kier alpha value is -2.41. The number of carbonyl (C=O) groups is 2. The first-order chi connectivity index (χ1) is 12.5. The number of primary amides is 1. The van der Waals surface area contributed by atoms with E-state index in [2.05, 4.69) is 26.2 Å². The van der Waals surface area contributed by atoms with Gasteiger partial charge >= 0.3 is 0 Å². The molecule has 26 heavy (non-hydrogen) atoms. The van der Waals surface area contributed by atoms with E-state index >= 15 is 0 Å². The van der Waals surface area contributed by atoms with E-state index in [4.69, 9.17) is 5.73 Å². The largest absolute Gasteiger partial charge is 0.365 e. The molecule has 3 rings (SSSR count). The number of aryl methyl sites for hydroxylation is 2. The number of aromatic amines is 1. The third kappa shape index (κ3) is 4.04. The van der Waals surface area contributed by atoms with Crippen LogP contribution in [0.25, 0.3) is 0 Å². The summed E-state index contributed by atoms with van der Waals surface area (Å²) in [4.78, 5) is 38.5. The molecule has 2 amide bonds. The number of halogens is 1. The lowest BCUT2D eigenvalue weighted by atomic mass is 9.90. The first kappa shape index (κ1) is 18.4. The SMILES string of the molecule is NC(=O)c1cc2c([nH]c1=O)CCCC2NC(=O)CCc1ccccc1Br. The Morgan fingerprint density at radius 2 is 2.08 bits per heavy atom. The quantitative estimate of drug-likeness (QED) is 0.694. The van der Waals surface area contributed by atoms with Crippen LogP contribution in [-0.2, 0) is 17.6 Å². The van der Waals surface area contributed by atoms with Gasteiger partial charge in [0.15, 0.2) is 0 Å². The maximum absolute atomic E-state index is 12.4. The first-order valence-corrected chi connectivity index (χ1v) is 9.33. The van der Waals surface area contributed by atoms with Gasteiger partial charge in [-0.1, -0.05) is 34.1 Å². The molecule has 0 fully saturated rings. The molecule has 0 bridgehead atoms. The molecule has 1 heterocycles. The van der Waals surface area contributed by atoms with Gasteiger partial charge in [0.2, 0.25) is 5.91 Å². The standard InChI is InChI=1S/C19H20BrN3O3/c20-14-5-2-1-4-11(14)8-9-17(24)22-15-6-3-7-16-12(15)10-13(18(21)25)19(26)23-16/h1-2,4-5,10,15H,3,6-9H2,(H2,21,25)(H,22,24)(H,23,26). The van der Waals surface area contributed by atoms with Gasteiger partial charge < -0.3 is 16.0 Å². The average molecular weight is 418 g/mol. The van der Waals surface area contributed by atoms with Crippen LogP contribution in [0.2, 0.25) is 0 Å². The third-order valence-corrected chi connectivity index (χ3v) is 5.41. The van der Waals surface area contributed by atoms with E-state index in [0.29, 0.717) is 19.3 Å². The number of hydrogen-bond acceptors (Lipinski definition) is 3. The van der Waals surface area contributed by atoms with Crippen molar-refractivity contribution in [2.45, 2.75) is 38.1 Å². The van der Waals surface area contributed by atoms with E-state index < -0.39 is 11.5 Å². The number of H-pyrrole nitrogens is 1. The number of pyridine rings is 1. The van der Waals surface area contributed by atoms with Crippen LogP contribution in [0.3, 0.4) is 0 Å². The third-order valence-electron chi connectivity index (χ3n) is 4.63. The van der Waals surface area contributed by atoms with Crippen molar-refractivity contribution in [2.24, 2.45) is 5.73 Å². The highest BCUT2D eigenvalue weighted by atomic mass is 79.9. The maximum Gasteiger partial charge on any atom is 0.261 e. The molecule has 7 heteroatoms. The van der Waals surface area contributed by atoms with E-state index in [1.165, 1.54) is 6.07 Å². The van der Waals surface area contributed by atoms with Crippen LogP contribution in [0, 0.1) is 0 Å². The summed E-state index contributed by atoms with van der Waals surface area (Å²) >= 11 is 3.49. The molecule has 1 aromatic heterocycles. The average Bonchev–Trinajstić information content (AvgIpc) is 2.60. The number of benzene rings is 1. The molecule has 4 N–H and O–H groups in total. The Balaban J connectivity index is 1.72. The predicted molar refractivity (Wildman–Crippen MR) is 102 cm³/mol. The van der Waals surface area contributed by atoms with Crippen molar-refractivity contribution in [3.8, 4) is 0 Å². The highest BCUT2D eigenvalue weighted by Crippen LogP contribution is 2.28. The lowest BCUT2D eigenvalue weighted by Crippen LogP contribution is -2.34. The summed E-state index contributed by atoms with van der Waals surface area (Å²) in [6.07, 6.45) is 3.32. The van der Waals surface area contributed by atoms with Gasteiger partial charge in [-0.3, -0.25) is 14.4 Å². The van der Waals surface area contributed by atoms with Crippen molar-refractivity contribution in [1.82, 2.24) is 10.3 Å². The van der Waals surface area contributed by atoms with Crippen LogP contribution < -0.4 is 16.6 Å².